The molecule has 0 atom stereocenters. The molecule has 0 aromatic heterocycles. The maximum absolute atomic E-state index is 5.63. The lowest BCUT2D eigenvalue weighted by Gasteiger charge is -2.15. The van der Waals surface area contributed by atoms with Crippen molar-refractivity contribution in [2.45, 2.75) is 38.1 Å². The summed E-state index contributed by atoms with van der Waals surface area (Å²) in [4.78, 5) is 0. The average molecular weight is 117 g/mol. The predicted octanol–water partition coefficient (Wildman–Crippen LogP) is 0.453. The summed E-state index contributed by atoms with van der Waals surface area (Å²) in [5.41, 5.74) is 5.63. The highest BCUT2D eigenvalue weighted by Crippen LogP contribution is 2.14. The molecule has 1 saturated carbocycles. The van der Waals surface area contributed by atoms with Gasteiger partial charge in [0.05, 0.1) is 0 Å². The first-order valence-electron chi connectivity index (χ1n) is 3.15. The summed E-state index contributed by atoms with van der Waals surface area (Å²) < 4.78 is 0. The lowest BCUT2D eigenvalue weighted by Crippen LogP contribution is -2.22. The van der Waals surface area contributed by atoms with Crippen LogP contribution in [0.3, 0.4) is 0 Å². The van der Waals surface area contributed by atoms with Gasteiger partial charge in [-0.25, -0.2) is 0 Å². The Morgan fingerprint density at radius 1 is 1.00 bits per heavy atom. The van der Waals surface area contributed by atoms with Gasteiger partial charge in [0, 0.05) is 6.04 Å². The first-order valence-corrected chi connectivity index (χ1v) is 3.15. The van der Waals surface area contributed by atoms with E-state index in [-0.39, 0.29) is 5.48 Å². The highest BCUT2D eigenvalue weighted by Gasteiger charge is 2.06. The number of hydrogen-bond acceptors (Lipinski definition) is 1. The summed E-state index contributed by atoms with van der Waals surface area (Å²) in [6.45, 7) is 0. The molecule has 0 heterocycles. The van der Waals surface area contributed by atoms with Gasteiger partial charge in [-0.1, -0.05) is 19.3 Å². The Balaban J connectivity index is 0.000000490. The molecule has 0 spiro atoms. The van der Waals surface area contributed by atoms with Crippen LogP contribution >= 0.6 is 0 Å². The van der Waals surface area contributed by atoms with E-state index in [2.05, 4.69) is 0 Å². The second-order valence-corrected chi connectivity index (χ2v) is 2.40. The van der Waals surface area contributed by atoms with Gasteiger partial charge >= 0.3 is 0 Å². The van der Waals surface area contributed by atoms with Crippen molar-refractivity contribution in [3.63, 3.8) is 0 Å². The first-order chi connectivity index (χ1) is 3.39. The zero-order chi connectivity index (χ0) is 5.11. The molecule has 0 amide bonds. The fraction of sp³-hybridized carbons (Fsp3) is 1.00. The minimum absolute atomic E-state index is 0. The van der Waals surface area contributed by atoms with Gasteiger partial charge < -0.3 is 11.2 Å². The topological polar surface area (TPSA) is 57.5 Å². The smallest absolute Gasteiger partial charge is 0.00388 e. The molecule has 0 aliphatic heterocycles. The molecule has 4 N–H and O–H groups in total. The molecule has 1 fully saturated rings. The van der Waals surface area contributed by atoms with Crippen LogP contribution in [0.25, 0.3) is 0 Å². The van der Waals surface area contributed by atoms with Crippen LogP contribution in [-0.4, -0.2) is 11.5 Å². The Morgan fingerprint density at radius 3 is 1.75 bits per heavy atom. The Hall–Kier alpha value is -0.0800. The van der Waals surface area contributed by atoms with E-state index >= 15 is 0 Å². The summed E-state index contributed by atoms with van der Waals surface area (Å²) in [5.74, 6) is 0. The molecular weight excluding hydrogens is 102 g/mol. The Morgan fingerprint density at radius 2 is 1.50 bits per heavy atom. The van der Waals surface area contributed by atoms with E-state index in [0.717, 1.165) is 0 Å². The standard InChI is InChI=1S/C6H13N.H2O/c7-6-4-2-1-3-5-6;/h6H,1-5,7H2;1H2. The molecule has 1 aliphatic carbocycles. The lowest BCUT2D eigenvalue weighted by molar-refractivity contribution is 0.441. The normalized spacial score (nSPS) is 22.1. The van der Waals surface area contributed by atoms with Crippen molar-refractivity contribution in [3.05, 3.63) is 0 Å². The van der Waals surface area contributed by atoms with E-state index in [1.54, 1.807) is 0 Å². The van der Waals surface area contributed by atoms with Gasteiger partial charge in [-0.15, -0.1) is 0 Å². The van der Waals surface area contributed by atoms with Crippen LogP contribution in [0.1, 0.15) is 32.1 Å². The van der Waals surface area contributed by atoms with Crippen LogP contribution in [0, 0.1) is 0 Å². The minimum Gasteiger partial charge on any atom is -0.412 e. The first kappa shape index (κ1) is 7.92. The minimum atomic E-state index is 0. The van der Waals surface area contributed by atoms with E-state index in [4.69, 9.17) is 5.73 Å². The monoisotopic (exact) mass is 117 g/mol. The van der Waals surface area contributed by atoms with Gasteiger partial charge in [-0.05, 0) is 12.8 Å². The number of nitrogens with two attached hydrogens (primary N) is 1. The van der Waals surface area contributed by atoms with Gasteiger partial charge in [0.1, 0.15) is 0 Å². The average Bonchev–Trinajstić information content (AvgIpc) is 1.69. The summed E-state index contributed by atoms with van der Waals surface area (Å²) in [7, 11) is 0. The van der Waals surface area contributed by atoms with Crippen molar-refractivity contribution in [3.8, 4) is 0 Å². The second kappa shape index (κ2) is 3.87. The molecule has 50 valence electrons. The quantitative estimate of drug-likeness (QED) is 0.492. The predicted molar refractivity (Wildman–Crippen MR) is 34.7 cm³/mol. The van der Waals surface area contributed by atoms with Gasteiger partial charge in [0.25, 0.3) is 0 Å². The lowest BCUT2D eigenvalue weighted by atomic mass is 9.97. The number of rotatable bonds is 0. The van der Waals surface area contributed by atoms with Crippen molar-refractivity contribution in [2.24, 2.45) is 5.73 Å². The van der Waals surface area contributed by atoms with Crippen LogP contribution in [0.4, 0.5) is 0 Å². The molecule has 0 bridgehead atoms. The summed E-state index contributed by atoms with van der Waals surface area (Å²) >= 11 is 0. The molecule has 2 nitrogen and oxygen atoms in total. The molecule has 0 saturated heterocycles. The van der Waals surface area contributed by atoms with Crippen LogP contribution in [-0.2, 0) is 0 Å². The molecule has 0 aromatic carbocycles. The van der Waals surface area contributed by atoms with E-state index in [1.165, 1.54) is 32.1 Å². The van der Waals surface area contributed by atoms with Crippen LogP contribution in [0.2, 0.25) is 0 Å². The van der Waals surface area contributed by atoms with Gasteiger partial charge in [-0.3, -0.25) is 0 Å². The molecule has 0 radical (unpaired) electrons. The van der Waals surface area contributed by atoms with Crippen molar-refractivity contribution >= 4 is 0 Å². The zero-order valence-corrected chi connectivity index (χ0v) is 5.19. The highest BCUT2D eigenvalue weighted by molar-refractivity contribution is 4.66. The van der Waals surface area contributed by atoms with E-state index in [0.29, 0.717) is 6.04 Å². The Kier molecular flexibility index (Phi) is 3.83. The zero-order valence-electron chi connectivity index (χ0n) is 5.19. The molecular formula is C6H15NO. The number of hydrogen-bond donors (Lipinski definition) is 1. The third kappa shape index (κ3) is 2.28. The van der Waals surface area contributed by atoms with E-state index in [1.807, 2.05) is 0 Å². The molecule has 2 heteroatoms. The Labute approximate surface area is 50.4 Å². The second-order valence-electron chi connectivity index (χ2n) is 2.40. The molecule has 0 unspecified atom stereocenters. The van der Waals surface area contributed by atoms with Crippen LogP contribution in [0.15, 0.2) is 0 Å². The highest BCUT2D eigenvalue weighted by atomic mass is 16.0. The SMILES string of the molecule is NC1CCCCC1.O. The van der Waals surface area contributed by atoms with Gasteiger partial charge in [0.2, 0.25) is 0 Å². The summed E-state index contributed by atoms with van der Waals surface area (Å²) in [5, 5.41) is 0. The van der Waals surface area contributed by atoms with Crippen LogP contribution in [0.5, 0.6) is 0 Å². The summed E-state index contributed by atoms with van der Waals surface area (Å²) in [6, 6.07) is 0.536. The maximum atomic E-state index is 5.63. The van der Waals surface area contributed by atoms with Crippen molar-refractivity contribution in [1.82, 2.24) is 0 Å². The van der Waals surface area contributed by atoms with Crippen LogP contribution < -0.4 is 5.73 Å². The fourth-order valence-electron chi connectivity index (χ4n) is 1.13. The Bertz CT molecular complexity index is 50.5. The van der Waals surface area contributed by atoms with E-state index in [9.17, 15) is 0 Å². The summed E-state index contributed by atoms with van der Waals surface area (Å²) in [6.07, 6.45) is 6.66. The molecule has 8 heavy (non-hydrogen) atoms. The molecule has 1 aliphatic rings. The van der Waals surface area contributed by atoms with Gasteiger partial charge in [-0.2, -0.15) is 0 Å². The third-order valence-electron chi connectivity index (χ3n) is 1.65. The van der Waals surface area contributed by atoms with Crippen molar-refractivity contribution in [2.75, 3.05) is 0 Å². The van der Waals surface area contributed by atoms with Crippen molar-refractivity contribution < 1.29 is 5.48 Å². The van der Waals surface area contributed by atoms with E-state index < -0.39 is 0 Å². The van der Waals surface area contributed by atoms with Crippen molar-refractivity contribution in [1.29, 1.82) is 0 Å². The molecule has 1 rings (SSSR count). The fourth-order valence-corrected chi connectivity index (χ4v) is 1.13. The third-order valence-corrected chi connectivity index (χ3v) is 1.65. The molecule has 0 aromatic rings. The maximum Gasteiger partial charge on any atom is 0.00388 e. The largest absolute Gasteiger partial charge is 0.412 e. The van der Waals surface area contributed by atoms with Gasteiger partial charge in [0.15, 0.2) is 0 Å².